The molecular formula is C22H48Cl2P2Pd+2. The van der Waals surface area contributed by atoms with Crippen molar-refractivity contribution in [3.63, 3.8) is 0 Å². The molecule has 0 aromatic heterocycles. The Kier molecular flexibility index (Phi) is 25.6. The zero-order valence-corrected chi connectivity index (χ0v) is 25.0. The van der Waals surface area contributed by atoms with Crippen LogP contribution >= 0.6 is 34.9 Å². The molecule has 0 aromatic carbocycles. The summed E-state index contributed by atoms with van der Waals surface area (Å²) in [5.41, 5.74) is 6.57. The number of rotatable bonds is 8. The molecule has 0 aliphatic carbocycles. The third-order valence-corrected chi connectivity index (χ3v) is 11.7. The molecule has 0 aliphatic heterocycles. The van der Waals surface area contributed by atoms with Crippen molar-refractivity contribution in [2.45, 2.75) is 106 Å². The molecule has 27 heavy (non-hydrogen) atoms. The maximum absolute atomic E-state index is 4.81. The summed E-state index contributed by atoms with van der Waals surface area (Å²) in [6, 6.07) is 0. The van der Waals surface area contributed by atoms with Gasteiger partial charge in [0.05, 0.1) is 35.0 Å². The van der Waals surface area contributed by atoms with Gasteiger partial charge in [0.2, 0.25) is 0 Å². The molecule has 0 unspecified atom stereocenters. The summed E-state index contributed by atoms with van der Waals surface area (Å²) in [5, 5.41) is 0. The normalized spacial score (nSPS) is 11.0. The number of halogens is 2. The summed E-state index contributed by atoms with van der Waals surface area (Å²) in [6.45, 7) is 27.7. The molecule has 0 fully saturated rings. The van der Waals surface area contributed by atoms with Gasteiger partial charge in [0.1, 0.15) is 0 Å². The molecule has 0 saturated carbocycles. The van der Waals surface area contributed by atoms with Crippen LogP contribution in [0.15, 0.2) is 23.3 Å². The minimum absolute atomic E-state index is 0.106. The van der Waals surface area contributed by atoms with E-state index in [0.717, 1.165) is 22.6 Å². The SMILES string of the molecule is CC(C)=CC[PH+](C(C)C)C(C)C.CC(C)=CC[PH+](C(C)C)C(C)C.[Cl][Pd][Cl]. The number of hydrogen-bond donors (Lipinski definition) is 0. The van der Waals surface area contributed by atoms with Gasteiger partial charge in [-0.1, -0.05) is 11.1 Å². The van der Waals surface area contributed by atoms with E-state index in [2.05, 4.69) is 95.2 Å². The Morgan fingerprint density at radius 2 is 0.815 bits per heavy atom. The Morgan fingerprint density at radius 3 is 0.926 bits per heavy atom. The van der Waals surface area contributed by atoms with Crippen molar-refractivity contribution in [3.8, 4) is 0 Å². The van der Waals surface area contributed by atoms with Crippen LogP contribution in [0.3, 0.4) is 0 Å². The van der Waals surface area contributed by atoms with Crippen LogP contribution in [-0.2, 0) is 15.9 Å². The van der Waals surface area contributed by atoms with Gasteiger partial charge in [-0.05, 0) is 95.2 Å². The molecule has 0 bridgehead atoms. The maximum atomic E-state index is 4.81. The second kappa shape index (κ2) is 20.8. The van der Waals surface area contributed by atoms with E-state index in [4.69, 9.17) is 19.1 Å². The van der Waals surface area contributed by atoms with Gasteiger partial charge in [-0.3, -0.25) is 0 Å². The predicted octanol–water partition coefficient (Wildman–Crippen LogP) is 9.34. The first kappa shape index (κ1) is 33.2. The summed E-state index contributed by atoms with van der Waals surface area (Å²) < 4.78 is 0. The first-order chi connectivity index (χ1) is 12.3. The van der Waals surface area contributed by atoms with E-state index in [9.17, 15) is 0 Å². The van der Waals surface area contributed by atoms with Gasteiger partial charge >= 0.3 is 35.0 Å². The second-order valence-electron chi connectivity index (χ2n) is 8.79. The summed E-state index contributed by atoms with van der Waals surface area (Å²) in [7, 11) is 9.33. The molecular weight excluding hydrogens is 504 g/mol. The predicted molar refractivity (Wildman–Crippen MR) is 137 cm³/mol. The van der Waals surface area contributed by atoms with Crippen LogP contribution in [-0.4, -0.2) is 35.0 Å². The van der Waals surface area contributed by atoms with Crippen LogP contribution in [0.1, 0.15) is 83.1 Å². The second-order valence-corrected chi connectivity index (χ2v) is 18.9. The van der Waals surface area contributed by atoms with Crippen LogP contribution in [0, 0.1) is 0 Å². The molecule has 0 heterocycles. The van der Waals surface area contributed by atoms with Crippen molar-refractivity contribution in [1.29, 1.82) is 0 Å². The molecule has 0 atom stereocenters. The molecule has 0 rings (SSSR count). The third kappa shape index (κ3) is 23.7. The third-order valence-electron chi connectivity index (χ3n) is 4.46. The molecule has 0 aliphatic rings. The Bertz CT molecular complexity index is 332. The zero-order valence-electron chi connectivity index (χ0n) is 20.0. The van der Waals surface area contributed by atoms with Gasteiger partial charge in [-0.2, -0.15) is 0 Å². The van der Waals surface area contributed by atoms with Crippen LogP contribution in [0.5, 0.6) is 0 Å². The van der Waals surface area contributed by atoms with Crippen molar-refractivity contribution < 1.29 is 15.9 Å². The van der Waals surface area contributed by atoms with E-state index in [0.29, 0.717) is 0 Å². The number of allylic oxidation sites excluding steroid dienone is 4. The van der Waals surface area contributed by atoms with Crippen molar-refractivity contribution in [2.75, 3.05) is 12.3 Å². The summed E-state index contributed by atoms with van der Waals surface area (Å²) in [5.74, 6) is 0. The van der Waals surface area contributed by atoms with Gasteiger partial charge in [0.15, 0.2) is 0 Å². The fourth-order valence-electron chi connectivity index (χ4n) is 2.92. The van der Waals surface area contributed by atoms with Crippen molar-refractivity contribution >= 4 is 34.9 Å². The summed E-state index contributed by atoms with van der Waals surface area (Å²) >= 11 is -0.106. The Balaban J connectivity index is -0.000000372. The summed E-state index contributed by atoms with van der Waals surface area (Å²) in [6.07, 6.45) is 7.52. The summed E-state index contributed by atoms with van der Waals surface area (Å²) in [4.78, 5) is 0. The van der Waals surface area contributed by atoms with Crippen LogP contribution in [0.4, 0.5) is 0 Å². The molecule has 0 N–H and O–H groups in total. The molecule has 168 valence electrons. The first-order valence-electron chi connectivity index (χ1n) is 10.1. The van der Waals surface area contributed by atoms with E-state index in [1.807, 2.05) is 0 Å². The fraction of sp³-hybridized carbons (Fsp3) is 0.818. The fourth-order valence-corrected chi connectivity index (χ4v) is 8.76. The van der Waals surface area contributed by atoms with Gasteiger partial charge < -0.3 is 0 Å². The molecule has 0 spiro atoms. The number of hydrogen-bond acceptors (Lipinski definition) is 0. The van der Waals surface area contributed by atoms with Crippen molar-refractivity contribution in [2.24, 2.45) is 0 Å². The van der Waals surface area contributed by atoms with Crippen LogP contribution < -0.4 is 0 Å². The molecule has 0 radical (unpaired) electrons. The van der Waals surface area contributed by atoms with Gasteiger partial charge in [-0.15, -0.1) is 0 Å². The first-order valence-corrected chi connectivity index (χ1v) is 17.8. The monoisotopic (exact) mass is 550 g/mol. The van der Waals surface area contributed by atoms with Gasteiger partial charge in [0.25, 0.3) is 0 Å². The van der Waals surface area contributed by atoms with Gasteiger partial charge in [0, 0.05) is 15.8 Å². The Labute approximate surface area is 191 Å². The molecule has 0 aromatic rings. The quantitative estimate of drug-likeness (QED) is 0.160. The van der Waals surface area contributed by atoms with E-state index in [1.54, 1.807) is 0 Å². The molecule has 0 saturated heterocycles. The molecule has 0 amide bonds. The average molecular weight is 552 g/mol. The zero-order chi connectivity index (χ0) is 22.2. The van der Waals surface area contributed by atoms with E-state index < -0.39 is 0 Å². The molecule has 5 heteroatoms. The van der Waals surface area contributed by atoms with Crippen LogP contribution in [0.25, 0.3) is 0 Å². The van der Waals surface area contributed by atoms with Crippen molar-refractivity contribution in [1.82, 2.24) is 0 Å². The van der Waals surface area contributed by atoms with Crippen LogP contribution in [0.2, 0.25) is 0 Å². The topological polar surface area (TPSA) is 0 Å². The minimum atomic E-state index is -0.150. The van der Waals surface area contributed by atoms with E-state index >= 15 is 0 Å². The average Bonchev–Trinajstić information content (AvgIpc) is 2.46. The van der Waals surface area contributed by atoms with E-state index in [1.165, 1.54) is 23.5 Å². The van der Waals surface area contributed by atoms with Crippen molar-refractivity contribution in [3.05, 3.63) is 23.3 Å². The van der Waals surface area contributed by atoms with E-state index in [-0.39, 0.29) is 31.8 Å². The Morgan fingerprint density at radius 1 is 0.630 bits per heavy atom. The molecule has 0 nitrogen and oxygen atoms in total. The van der Waals surface area contributed by atoms with Gasteiger partial charge in [-0.25, -0.2) is 0 Å². The Hall–Kier alpha value is 1.58. The standard InChI is InChI=1S/2C11H23P.2ClH.Pd/c2*1-9(2)7-8-12(10(3)4)11(5)6;;;/h2*7,10-11H,8H2,1-6H3;2*1H;/q;;;;+2.